The highest BCUT2D eigenvalue weighted by atomic mass is 35.5. The van der Waals surface area contributed by atoms with Crippen molar-refractivity contribution in [2.24, 2.45) is 0 Å². The molecule has 0 amide bonds. The highest BCUT2D eigenvalue weighted by Gasteiger charge is 2.13. The first kappa shape index (κ1) is 22.7. The zero-order valence-electron chi connectivity index (χ0n) is 17.6. The van der Waals surface area contributed by atoms with Crippen molar-refractivity contribution in [2.45, 2.75) is 0 Å². The largest absolute Gasteiger partial charge is 0.487 e. The summed E-state index contributed by atoms with van der Waals surface area (Å²) in [5.74, 6) is 1.18. The first-order chi connectivity index (χ1) is 15.8. The Balaban J connectivity index is 1.50. The number of hydrogen-bond donors (Lipinski definition) is 0. The van der Waals surface area contributed by atoms with Crippen LogP contribution in [0.5, 0.6) is 11.5 Å². The Morgan fingerprint density at radius 2 is 1.28 bits per heavy atom. The third-order valence-corrected chi connectivity index (χ3v) is 4.86. The number of ether oxygens (including phenoxy) is 6. The Bertz CT molecular complexity index is 1000. The molecule has 0 spiro atoms. The van der Waals surface area contributed by atoms with Crippen LogP contribution in [0.4, 0.5) is 0 Å². The van der Waals surface area contributed by atoms with Crippen LogP contribution in [0.25, 0.3) is 16.9 Å². The number of imidazole rings is 1. The van der Waals surface area contributed by atoms with E-state index in [0.717, 1.165) is 5.69 Å². The lowest BCUT2D eigenvalue weighted by atomic mass is 10.2. The lowest BCUT2D eigenvalue weighted by Crippen LogP contribution is -2.16. The van der Waals surface area contributed by atoms with Gasteiger partial charge in [-0.05, 0) is 12.1 Å². The maximum atomic E-state index is 6.13. The Morgan fingerprint density at radius 1 is 0.688 bits per heavy atom. The molecule has 1 aromatic carbocycles. The van der Waals surface area contributed by atoms with Crippen LogP contribution in [-0.2, 0) is 18.9 Å². The lowest BCUT2D eigenvalue weighted by Gasteiger charge is -2.15. The predicted octanol–water partition coefficient (Wildman–Crippen LogP) is 2.31. The van der Waals surface area contributed by atoms with E-state index in [2.05, 4.69) is 15.0 Å². The van der Waals surface area contributed by atoms with E-state index in [1.165, 1.54) is 6.33 Å². The van der Waals surface area contributed by atoms with Crippen molar-refractivity contribution >= 4 is 22.8 Å². The fourth-order valence-electron chi connectivity index (χ4n) is 3.06. The molecule has 0 saturated heterocycles. The molecule has 2 aromatic heterocycles. The van der Waals surface area contributed by atoms with Crippen molar-refractivity contribution in [3.8, 4) is 17.2 Å². The molecule has 3 aromatic rings. The quantitative estimate of drug-likeness (QED) is 0.502. The zero-order valence-corrected chi connectivity index (χ0v) is 18.3. The van der Waals surface area contributed by atoms with E-state index in [1.54, 1.807) is 6.33 Å². The Labute approximate surface area is 190 Å². The molecule has 10 nitrogen and oxygen atoms in total. The molecular formula is C21H25ClN4O6. The predicted molar refractivity (Wildman–Crippen MR) is 116 cm³/mol. The minimum absolute atomic E-state index is 0.302. The highest BCUT2D eigenvalue weighted by molar-refractivity contribution is 6.33. The van der Waals surface area contributed by atoms with Crippen molar-refractivity contribution in [3.63, 3.8) is 0 Å². The second-order valence-electron chi connectivity index (χ2n) is 6.73. The van der Waals surface area contributed by atoms with Crippen LogP contribution in [0.1, 0.15) is 0 Å². The molecule has 0 saturated carbocycles. The van der Waals surface area contributed by atoms with Gasteiger partial charge in [0.05, 0.1) is 58.5 Å². The van der Waals surface area contributed by atoms with Gasteiger partial charge in [-0.3, -0.25) is 4.57 Å². The molecule has 1 aliphatic rings. The van der Waals surface area contributed by atoms with Crippen molar-refractivity contribution in [3.05, 3.63) is 36.0 Å². The van der Waals surface area contributed by atoms with Crippen molar-refractivity contribution in [2.75, 3.05) is 66.1 Å². The van der Waals surface area contributed by atoms with Gasteiger partial charge in [0.15, 0.2) is 22.3 Å². The van der Waals surface area contributed by atoms with E-state index in [9.17, 15) is 0 Å². The van der Waals surface area contributed by atoms with Crippen LogP contribution in [0, 0.1) is 0 Å². The Kier molecular flexibility index (Phi) is 8.46. The number of rotatable bonds is 1. The number of aromatic nitrogens is 4. The number of hydrogen-bond acceptors (Lipinski definition) is 9. The van der Waals surface area contributed by atoms with Gasteiger partial charge in [-0.2, -0.15) is 0 Å². The summed E-state index contributed by atoms with van der Waals surface area (Å²) in [5.41, 5.74) is 1.93. The number of benzene rings is 1. The SMILES string of the molecule is Clc1ncnc2c1ncn2-c1ccc2c(c1)OCCOCCOCCOCCOCCO2. The van der Waals surface area contributed by atoms with Gasteiger partial charge >= 0.3 is 0 Å². The molecule has 1 aliphatic heterocycles. The van der Waals surface area contributed by atoms with Gasteiger partial charge in [-0.25, -0.2) is 15.0 Å². The van der Waals surface area contributed by atoms with E-state index >= 15 is 0 Å². The molecule has 0 fully saturated rings. The maximum absolute atomic E-state index is 6.13. The summed E-state index contributed by atoms with van der Waals surface area (Å²) in [6, 6.07) is 5.60. The smallest absolute Gasteiger partial charge is 0.169 e. The molecule has 3 heterocycles. The summed E-state index contributed by atoms with van der Waals surface area (Å²) in [4.78, 5) is 12.6. The van der Waals surface area contributed by atoms with E-state index < -0.39 is 0 Å². The van der Waals surface area contributed by atoms with Crippen LogP contribution in [-0.4, -0.2) is 85.6 Å². The van der Waals surface area contributed by atoms with Gasteiger partial charge < -0.3 is 28.4 Å². The molecule has 4 rings (SSSR count). The second kappa shape index (κ2) is 11.9. The zero-order chi connectivity index (χ0) is 22.0. The van der Waals surface area contributed by atoms with Gasteiger partial charge in [-0.1, -0.05) is 11.6 Å². The monoisotopic (exact) mass is 464 g/mol. The van der Waals surface area contributed by atoms with Gasteiger partial charge in [0, 0.05) is 6.07 Å². The Hall–Kier alpha value is -2.50. The van der Waals surface area contributed by atoms with Crippen molar-refractivity contribution in [1.29, 1.82) is 0 Å². The minimum atomic E-state index is 0.302. The van der Waals surface area contributed by atoms with Crippen molar-refractivity contribution in [1.82, 2.24) is 19.5 Å². The van der Waals surface area contributed by atoms with E-state index in [1.807, 2.05) is 22.8 Å². The van der Waals surface area contributed by atoms with Gasteiger partial charge in [-0.15, -0.1) is 0 Å². The third-order valence-electron chi connectivity index (χ3n) is 4.58. The van der Waals surface area contributed by atoms with Crippen LogP contribution >= 0.6 is 11.6 Å². The third kappa shape index (κ3) is 6.05. The summed E-state index contributed by atoms with van der Waals surface area (Å²) in [5, 5.41) is 0.302. The maximum Gasteiger partial charge on any atom is 0.169 e. The normalized spacial score (nSPS) is 17.5. The summed E-state index contributed by atoms with van der Waals surface area (Å²) < 4.78 is 35.7. The fraction of sp³-hybridized carbons (Fsp3) is 0.476. The molecule has 11 heteroatoms. The van der Waals surface area contributed by atoms with Crippen LogP contribution < -0.4 is 9.47 Å². The molecule has 0 aliphatic carbocycles. The number of halogens is 1. The molecular weight excluding hydrogens is 440 g/mol. The molecule has 0 radical (unpaired) electrons. The Morgan fingerprint density at radius 3 is 1.94 bits per heavy atom. The molecule has 0 unspecified atom stereocenters. The van der Waals surface area contributed by atoms with Crippen LogP contribution in [0.3, 0.4) is 0 Å². The van der Waals surface area contributed by atoms with E-state index in [-0.39, 0.29) is 0 Å². The first-order valence-corrected chi connectivity index (χ1v) is 10.8. The summed E-state index contributed by atoms with van der Waals surface area (Å²) in [6.07, 6.45) is 3.05. The molecule has 32 heavy (non-hydrogen) atoms. The summed E-state index contributed by atoms with van der Waals surface area (Å²) in [6.45, 7) is 4.64. The summed E-state index contributed by atoms with van der Waals surface area (Å²) >= 11 is 6.13. The molecule has 0 bridgehead atoms. The van der Waals surface area contributed by atoms with Gasteiger partial charge in [0.2, 0.25) is 0 Å². The van der Waals surface area contributed by atoms with Crippen LogP contribution in [0.2, 0.25) is 5.15 Å². The highest BCUT2D eigenvalue weighted by Crippen LogP contribution is 2.31. The molecule has 172 valence electrons. The lowest BCUT2D eigenvalue weighted by molar-refractivity contribution is -0.00841. The summed E-state index contributed by atoms with van der Waals surface area (Å²) in [7, 11) is 0. The van der Waals surface area contributed by atoms with Crippen LogP contribution in [0.15, 0.2) is 30.9 Å². The van der Waals surface area contributed by atoms with E-state index in [0.29, 0.717) is 93.9 Å². The van der Waals surface area contributed by atoms with Crippen molar-refractivity contribution < 1.29 is 28.4 Å². The topological polar surface area (TPSA) is 99.0 Å². The van der Waals surface area contributed by atoms with Gasteiger partial charge in [0.1, 0.15) is 31.4 Å². The standard InChI is InChI=1S/C21H25ClN4O6/c22-20-19-21(24-14-23-20)26(15-25-19)16-1-2-17-18(13-16)32-12-10-30-8-6-28-4-3-27-5-7-29-9-11-31-17/h1-2,13-15H,3-12H2. The fourth-order valence-corrected chi connectivity index (χ4v) is 3.23. The number of fused-ring (bicyclic) bond motifs is 2. The molecule has 0 N–H and O–H groups in total. The van der Waals surface area contributed by atoms with E-state index in [4.69, 9.17) is 40.0 Å². The average molecular weight is 465 g/mol. The minimum Gasteiger partial charge on any atom is -0.487 e. The van der Waals surface area contributed by atoms with Gasteiger partial charge in [0.25, 0.3) is 0 Å². The average Bonchev–Trinajstić information content (AvgIpc) is 3.24. The molecule has 0 atom stereocenters. The first-order valence-electron chi connectivity index (χ1n) is 10.4. The number of nitrogens with zero attached hydrogens (tertiary/aromatic N) is 4. The second-order valence-corrected chi connectivity index (χ2v) is 7.09.